The highest BCUT2D eigenvalue weighted by atomic mass is 16.1. The molecule has 1 aliphatic rings. The van der Waals surface area contributed by atoms with Gasteiger partial charge in [-0.1, -0.05) is 80.1 Å². The molecular weight excluding hydrogens is 454 g/mol. The molecule has 5 rings (SSSR count). The lowest BCUT2D eigenvalue weighted by Gasteiger charge is -2.44. The number of para-hydroxylation sites is 1. The van der Waals surface area contributed by atoms with Gasteiger partial charge in [-0.15, -0.1) is 0 Å². The lowest BCUT2D eigenvalue weighted by molar-refractivity contribution is -0.128. The number of aryl methyl sites for hydroxylation is 1. The maximum atomic E-state index is 14.0. The van der Waals surface area contributed by atoms with E-state index in [1.807, 2.05) is 44.4 Å². The van der Waals surface area contributed by atoms with Crippen LogP contribution >= 0.6 is 0 Å². The third-order valence-corrected chi connectivity index (χ3v) is 7.29. The van der Waals surface area contributed by atoms with Crippen LogP contribution in [-0.2, 0) is 11.3 Å². The fourth-order valence-corrected chi connectivity index (χ4v) is 5.27. The second kappa shape index (κ2) is 9.95. The van der Waals surface area contributed by atoms with Gasteiger partial charge >= 0.3 is 0 Å². The molecule has 4 nitrogen and oxygen atoms in total. The Morgan fingerprint density at radius 2 is 1.65 bits per heavy atom. The van der Waals surface area contributed by atoms with E-state index in [9.17, 15) is 4.79 Å². The maximum absolute atomic E-state index is 14.0. The highest BCUT2D eigenvalue weighted by Gasteiger charge is 2.44. The SMILES string of the molecule is Cc1ccc(CN2CC(C)(C)C(=O)C(=Cc3ccc4ccccc4n3)C2c2ccc(N(C)C)cc2)cc1. The number of anilines is 1. The van der Waals surface area contributed by atoms with E-state index in [1.165, 1.54) is 11.1 Å². The number of aromatic nitrogens is 1. The number of pyridine rings is 1. The molecule has 1 aromatic heterocycles. The third kappa shape index (κ3) is 5.21. The quantitative estimate of drug-likeness (QED) is 0.287. The van der Waals surface area contributed by atoms with Crippen LogP contribution in [0.1, 0.15) is 42.3 Å². The Hall–Kier alpha value is -3.76. The number of nitrogens with zero attached hydrogens (tertiary/aromatic N) is 3. The number of carbonyl (C=O) groups excluding carboxylic acids is 1. The van der Waals surface area contributed by atoms with Gasteiger partial charge in [0.05, 0.1) is 17.3 Å². The molecule has 188 valence electrons. The molecule has 1 aliphatic heterocycles. The molecule has 0 aliphatic carbocycles. The zero-order valence-corrected chi connectivity index (χ0v) is 22.4. The summed E-state index contributed by atoms with van der Waals surface area (Å²) in [4.78, 5) is 23.4. The summed E-state index contributed by atoms with van der Waals surface area (Å²) in [6.45, 7) is 7.68. The molecule has 1 atom stereocenters. The fraction of sp³-hybridized carbons (Fsp3) is 0.273. The van der Waals surface area contributed by atoms with Gasteiger partial charge in [-0.3, -0.25) is 9.69 Å². The van der Waals surface area contributed by atoms with Crippen molar-refractivity contribution in [1.29, 1.82) is 0 Å². The first-order valence-electron chi connectivity index (χ1n) is 12.9. The van der Waals surface area contributed by atoms with E-state index < -0.39 is 5.41 Å². The smallest absolute Gasteiger partial charge is 0.167 e. The summed E-state index contributed by atoms with van der Waals surface area (Å²) in [5.41, 5.74) is 6.78. The molecule has 0 saturated carbocycles. The molecule has 1 unspecified atom stereocenters. The summed E-state index contributed by atoms with van der Waals surface area (Å²) in [6, 6.07) is 29.3. The summed E-state index contributed by atoms with van der Waals surface area (Å²) in [6.07, 6.45) is 2.02. The van der Waals surface area contributed by atoms with Gasteiger partial charge in [0.15, 0.2) is 5.78 Å². The van der Waals surface area contributed by atoms with Crippen LogP contribution in [0.2, 0.25) is 0 Å². The molecule has 37 heavy (non-hydrogen) atoms. The minimum Gasteiger partial charge on any atom is -0.378 e. The van der Waals surface area contributed by atoms with Gasteiger partial charge < -0.3 is 4.90 Å². The van der Waals surface area contributed by atoms with Crippen LogP contribution in [0.5, 0.6) is 0 Å². The molecule has 2 heterocycles. The van der Waals surface area contributed by atoms with E-state index >= 15 is 0 Å². The van der Waals surface area contributed by atoms with Crippen LogP contribution in [0.25, 0.3) is 17.0 Å². The van der Waals surface area contributed by atoms with Crippen molar-refractivity contribution in [2.45, 2.75) is 33.4 Å². The lowest BCUT2D eigenvalue weighted by Crippen LogP contribution is -2.49. The summed E-state index contributed by atoms with van der Waals surface area (Å²) < 4.78 is 0. The highest BCUT2D eigenvalue weighted by Crippen LogP contribution is 2.42. The molecular formula is C33H35N3O. The fourth-order valence-electron chi connectivity index (χ4n) is 5.27. The largest absolute Gasteiger partial charge is 0.378 e. The third-order valence-electron chi connectivity index (χ3n) is 7.29. The van der Waals surface area contributed by atoms with Crippen LogP contribution in [0.4, 0.5) is 5.69 Å². The molecule has 4 heteroatoms. The average Bonchev–Trinajstić information content (AvgIpc) is 2.88. The Kier molecular flexibility index (Phi) is 6.70. The number of hydrogen-bond donors (Lipinski definition) is 0. The van der Waals surface area contributed by atoms with E-state index in [2.05, 4.69) is 91.2 Å². The van der Waals surface area contributed by atoms with E-state index in [0.29, 0.717) is 6.54 Å². The first-order chi connectivity index (χ1) is 17.7. The van der Waals surface area contributed by atoms with Crippen molar-refractivity contribution in [3.05, 3.63) is 113 Å². The molecule has 0 amide bonds. The first-order valence-corrected chi connectivity index (χ1v) is 12.9. The van der Waals surface area contributed by atoms with Crippen molar-refractivity contribution in [3.8, 4) is 0 Å². The minimum atomic E-state index is -0.506. The first kappa shape index (κ1) is 24.9. The number of rotatable bonds is 5. The van der Waals surface area contributed by atoms with Crippen LogP contribution in [-0.4, -0.2) is 36.3 Å². The Labute approximate surface area is 220 Å². The average molecular weight is 490 g/mol. The predicted molar refractivity (Wildman–Crippen MR) is 154 cm³/mol. The van der Waals surface area contributed by atoms with Gasteiger partial charge in [0, 0.05) is 49.2 Å². The number of carbonyl (C=O) groups is 1. The van der Waals surface area contributed by atoms with Gasteiger partial charge in [-0.2, -0.15) is 0 Å². The van der Waals surface area contributed by atoms with Gasteiger partial charge in [0.1, 0.15) is 0 Å². The Morgan fingerprint density at radius 3 is 2.35 bits per heavy atom. The van der Waals surface area contributed by atoms with Crippen LogP contribution in [0.15, 0.2) is 90.5 Å². The number of piperidine rings is 1. The Morgan fingerprint density at radius 1 is 0.946 bits per heavy atom. The lowest BCUT2D eigenvalue weighted by atomic mass is 9.74. The number of likely N-dealkylation sites (tertiary alicyclic amines) is 1. The number of benzene rings is 3. The van der Waals surface area contributed by atoms with Crippen molar-refractivity contribution >= 4 is 28.4 Å². The second-order valence-electron chi connectivity index (χ2n) is 11.0. The number of fused-ring (bicyclic) bond motifs is 1. The van der Waals surface area contributed by atoms with Crippen LogP contribution in [0, 0.1) is 12.3 Å². The highest BCUT2D eigenvalue weighted by molar-refractivity contribution is 6.05. The van der Waals surface area contributed by atoms with Gasteiger partial charge in [-0.05, 0) is 48.4 Å². The van der Waals surface area contributed by atoms with E-state index in [0.717, 1.165) is 40.0 Å². The topological polar surface area (TPSA) is 36.4 Å². The zero-order chi connectivity index (χ0) is 26.2. The van der Waals surface area contributed by atoms with Crippen molar-refractivity contribution < 1.29 is 4.79 Å². The summed E-state index contributed by atoms with van der Waals surface area (Å²) in [7, 11) is 4.09. The number of ketones is 1. The number of Topliss-reactive ketones (excluding diaryl/α,β-unsaturated/α-hetero) is 1. The molecule has 1 saturated heterocycles. The molecule has 1 fully saturated rings. The second-order valence-corrected chi connectivity index (χ2v) is 11.0. The monoisotopic (exact) mass is 489 g/mol. The predicted octanol–water partition coefficient (Wildman–Crippen LogP) is 6.85. The van der Waals surface area contributed by atoms with Crippen molar-refractivity contribution in [2.24, 2.45) is 5.41 Å². The zero-order valence-electron chi connectivity index (χ0n) is 22.4. The molecule has 0 spiro atoms. The van der Waals surface area contributed by atoms with Crippen LogP contribution in [0.3, 0.4) is 0 Å². The minimum absolute atomic E-state index is 0.161. The summed E-state index contributed by atoms with van der Waals surface area (Å²) >= 11 is 0. The molecule has 4 aromatic rings. The normalized spacial score (nSPS) is 18.9. The Balaban J connectivity index is 1.63. The van der Waals surface area contributed by atoms with Gasteiger partial charge in [-0.25, -0.2) is 4.98 Å². The summed E-state index contributed by atoms with van der Waals surface area (Å²) in [5.74, 6) is 0.185. The van der Waals surface area contributed by atoms with Crippen molar-refractivity contribution in [3.63, 3.8) is 0 Å². The number of hydrogen-bond acceptors (Lipinski definition) is 4. The summed E-state index contributed by atoms with van der Waals surface area (Å²) in [5, 5.41) is 1.09. The molecule has 0 N–H and O–H groups in total. The van der Waals surface area contributed by atoms with E-state index in [1.54, 1.807) is 0 Å². The maximum Gasteiger partial charge on any atom is 0.167 e. The Bertz CT molecular complexity index is 1450. The standard InChI is InChI=1S/C33H35N3O/c1-23-10-12-24(13-11-23)21-36-22-33(2,3)32(37)29(31(36)26-15-18-28(19-16-26)35(4)5)20-27-17-14-25-8-6-7-9-30(25)34-27/h6-20,31H,21-22H2,1-5H3. The van der Waals surface area contributed by atoms with Gasteiger partial charge in [0.2, 0.25) is 0 Å². The van der Waals surface area contributed by atoms with Crippen molar-refractivity contribution in [2.75, 3.05) is 25.5 Å². The van der Waals surface area contributed by atoms with Crippen molar-refractivity contribution in [1.82, 2.24) is 9.88 Å². The van der Waals surface area contributed by atoms with Gasteiger partial charge in [0.25, 0.3) is 0 Å². The molecule has 3 aromatic carbocycles. The van der Waals surface area contributed by atoms with E-state index in [-0.39, 0.29) is 11.8 Å². The van der Waals surface area contributed by atoms with Crippen LogP contribution < -0.4 is 4.90 Å². The molecule has 0 bridgehead atoms. The van der Waals surface area contributed by atoms with E-state index in [4.69, 9.17) is 4.98 Å². The molecule has 0 radical (unpaired) electrons.